The van der Waals surface area contributed by atoms with Crippen molar-refractivity contribution in [2.45, 2.75) is 32.6 Å². The molecule has 0 bridgehead atoms. The zero-order valence-corrected chi connectivity index (χ0v) is 12.3. The first kappa shape index (κ1) is 15.7. The molecule has 1 aromatic rings. The van der Waals surface area contributed by atoms with E-state index in [2.05, 4.69) is 11.8 Å². The van der Waals surface area contributed by atoms with E-state index in [-0.39, 0.29) is 5.78 Å². The van der Waals surface area contributed by atoms with Crippen molar-refractivity contribution in [3.63, 3.8) is 0 Å². The fraction of sp³-hybridized carbons (Fsp3) is 0.562. The number of ketones is 1. The average Bonchev–Trinajstić information content (AvgIpc) is 2.39. The number of carbonyl (C=O) groups excluding carboxylic acids is 1. The van der Waals surface area contributed by atoms with Crippen molar-refractivity contribution < 1.29 is 9.53 Å². The summed E-state index contributed by atoms with van der Waals surface area (Å²) in [5.74, 6) is 1.06. The number of rotatable bonds is 9. The van der Waals surface area contributed by atoms with Gasteiger partial charge in [0.1, 0.15) is 12.4 Å². The van der Waals surface area contributed by atoms with Crippen LogP contribution in [-0.4, -0.2) is 37.9 Å². The number of hydrogen-bond acceptors (Lipinski definition) is 3. The van der Waals surface area contributed by atoms with Gasteiger partial charge >= 0.3 is 0 Å². The molecule has 0 heterocycles. The number of ether oxygens (including phenoxy) is 1. The van der Waals surface area contributed by atoms with Gasteiger partial charge in [-0.15, -0.1) is 0 Å². The molecule has 1 aromatic carbocycles. The molecule has 0 aliphatic carbocycles. The van der Waals surface area contributed by atoms with Crippen LogP contribution in [0.15, 0.2) is 24.3 Å². The molecule has 1 rings (SSSR count). The van der Waals surface area contributed by atoms with Crippen molar-refractivity contribution in [1.29, 1.82) is 0 Å². The van der Waals surface area contributed by atoms with Crippen LogP contribution in [0.5, 0.6) is 5.75 Å². The number of unbranched alkanes of at least 4 members (excludes halogenated alkanes) is 2. The Kier molecular flexibility index (Phi) is 7.19. The Labute approximate surface area is 116 Å². The minimum absolute atomic E-state index is 0.230. The zero-order chi connectivity index (χ0) is 14.1. The van der Waals surface area contributed by atoms with Gasteiger partial charge in [0.25, 0.3) is 0 Å². The van der Waals surface area contributed by atoms with Crippen LogP contribution < -0.4 is 4.74 Å². The molecule has 3 heteroatoms. The normalized spacial score (nSPS) is 10.7. The fourth-order valence-corrected chi connectivity index (χ4v) is 1.76. The number of likely N-dealkylation sites (N-methyl/N-ethyl adjacent to an activating group) is 1. The lowest BCUT2D eigenvalue weighted by Gasteiger charge is -2.11. The van der Waals surface area contributed by atoms with E-state index in [4.69, 9.17) is 4.74 Å². The van der Waals surface area contributed by atoms with Crippen molar-refractivity contribution in [2.75, 3.05) is 27.2 Å². The first-order chi connectivity index (χ1) is 9.13. The van der Waals surface area contributed by atoms with Crippen LogP contribution in [0.3, 0.4) is 0 Å². The third kappa shape index (κ3) is 6.39. The Morgan fingerprint density at radius 3 is 2.42 bits per heavy atom. The summed E-state index contributed by atoms with van der Waals surface area (Å²) in [6, 6.07) is 7.48. The molecule has 106 valence electrons. The Morgan fingerprint density at radius 2 is 1.84 bits per heavy atom. The van der Waals surface area contributed by atoms with Crippen molar-refractivity contribution in [1.82, 2.24) is 4.90 Å². The van der Waals surface area contributed by atoms with Crippen LogP contribution >= 0.6 is 0 Å². The van der Waals surface area contributed by atoms with E-state index in [1.54, 1.807) is 0 Å². The molecule has 0 saturated heterocycles. The van der Waals surface area contributed by atoms with E-state index in [0.717, 1.165) is 37.1 Å². The SMILES string of the molecule is CCCCCC(=O)c1ccc(OCCN(C)C)cc1. The molecule has 0 spiro atoms. The molecule has 0 unspecified atom stereocenters. The van der Waals surface area contributed by atoms with Crippen LogP contribution in [-0.2, 0) is 0 Å². The number of carbonyl (C=O) groups is 1. The summed E-state index contributed by atoms with van der Waals surface area (Å²) < 4.78 is 5.60. The van der Waals surface area contributed by atoms with E-state index in [1.165, 1.54) is 0 Å². The summed E-state index contributed by atoms with van der Waals surface area (Å²) in [6.07, 6.45) is 3.90. The van der Waals surface area contributed by atoms with E-state index >= 15 is 0 Å². The van der Waals surface area contributed by atoms with Crippen LogP contribution in [0.25, 0.3) is 0 Å². The van der Waals surface area contributed by atoms with Gasteiger partial charge in [-0.1, -0.05) is 19.8 Å². The second-order valence-corrected chi connectivity index (χ2v) is 5.06. The van der Waals surface area contributed by atoms with Gasteiger partial charge in [0.2, 0.25) is 0 Å². The first-order valence-corrected chi connectivity index (χ1v) is 7.04. The van der Waals surface area contributed by atoms with Gasteiger partial charge in [0.05, 0.1) is 0 Å². The molecule has 0 amide bonds. The summed E-state index contributed by atoms with van der Waals surface area (Å²) in [5.41, 5.74) is 0.788. The Bertz CT molecular complexity index is 371. The summed E-state index contributed by atoms with van der Waals surface area (Å²) >= 11 is 0. The standard InChI is InChI=1S/C16H25NO2/c1-4-5-6-7-16(18)14-8-10-15(11-9-14)19-13-12-17(2)3/h8-11H,4-7,12-13H2,1-3H3. The predicted molar refractivity (Wildman–Crippen MR) is 79.0 cm³/mol. The molecule has 0 fully saturated rings. The molecular weight excluding hydrogens is 238 g/mol. The Morgan fingerprint density at radius 1 is 1.16 bits per heavy atom. The molecule has 19 heavy (non-hydrogen) atoms. The molecule has 3 nitrogen and oxygen atoms in total. The number of benzene rings is 1. The average molecular weight is 263 g/mol. The van der Waals surface area contributed by atoms with E-state index in [1.807, 2.05) is 38.4 Å². The van der Waals surface area contributed by atoms with Gasteiger partial charge in [-0.2, -0.15) is 0 Å². The predicted octanol–water partition coefficient (Wildman–Crippen LogP) is 3.39. The smallest absolute Gasteiger partial charge is 0.162 e. The fourth-order valence-electron chi connectivity index (χ4n) is 1.76. The lowest BCUT2D eigenvalue weighted by molar-refractivity contribution is 0.0979. The van der Waals surface area contributed by atoms with Crippen molar-refractivity contribution in [3.05, 3.63) is 29.8 Å². The van der Waals surface area contributed by atoms with Crippen LogP contribution in [0.1, 0.15) is 43.0 Å². The highest BCUT2D eigenvalue weighted by molar-refractivity contribution is 5.96. The van der Waals surface area contributed by atoms with Crippen LogP contribution in [0.2, 0.25) is 0 Å². The second-order valence-electron chi connectivity index (χ2n) is 5.06. The molecule has 0 N–H and O–H groups in total. The van der Waals surface area contributed by atoms with Gasteiger partial charge in [-0.25, -0.2) is 0 Å². The molecule has 0 aromatic heterocycles. The van der Waals surface area contributed by atoms with Gasteiger partial charge in [-0.05, 0) is 44.8 Å². The maximum Gasteiger partial charge on any atom is 0.162 e. The number of Topliss-reactive ketones (excluding diaryl/α,β-unsaturated/α-hetero) is 1. The minimum atomic E-state index is 0.230. The summed E-state index contributed by atoms with van der Waals surface area (Å²) in [7, 11) is 4.03. The van der Waals surface area contributed by atoms with Crippen LogP contribution in [0, 0.1) is 0 Å². The molecule has 0 atom stereocenters. The van der Waals surface area contributed by atoms with Crippen molar-refractivity contribution in [3.8, 4) is 5.75 Å². The maximum absolute atomic E-state index is 11.9. The molecule has 0 saturated carbocycles. The molecule has 0 aliphatic rings. The number of nitrogens with zero attached hydrogens (tertiary/aromatic N) is 1. The monoisotopic (exact) mass is 263 g/mol. The third-order valence-electron chi connectivity index (χ3n) is 2.99. The molecule has 0 aliphatic heterocycles. The van der Waals surface area contributed by atoms with E-state index in [0.29, 0.717) is 13.0 Å². The maximum atomic E-state index is 11.9. The Balaban J connectivity index is 2.40. The van der Waals surface area contributed by atoms with Gasteiger partial charge in [0, 0.05) is 18.5 Å². The highest BCUT2D eigenvalue weighted by atomic mass is 16.5. The Hall–Kier alpha value is -1.35. The highest BCUT2D eigenvalue weighted by Gasteiger charge is 2.05. The van der Waals surface area contributed by atoms with Gasteiger partial charge in [-0.3, -0.25) is 4.79 Å². The van der Waals surface area contributed by atoms with E-state index < -0.39 is 0 Å². The van der Waals surface area contributed by atoms with Crippen molar-refractivity contribution in [2.24, 2.45) is 0 Å². The summed E-state index contributed by atoms with van der Waals surface area (Å²) in [5, 5.41) is 0. The second kappa shape index (κ2) is 8.70. The molecular formula is C16H25NO2. The van der Waals surface area contributed by atoms with E-state index in [9.17, 15) is 4.79 Å². The van der Waals surface area contributed by atoms with Gasteiger partial charge in [0.15, 0.2) is 5.78 Å². The minimum Gasteiger partial charge on any atom is -0.492 e. The van der Waals surface area contributed by atoms with Crippen LogP contribution in [0.4, 0.5) is 0 Å². The van der Waals surface area contributed by atoms with Crippen molar-refractivity contribution >= 4 is 5.78 Å². The third-order valence-corrected chi connectivity index (χ3v) is 2.99. The lowest BCUT2D eigenvalue weighted by Crippen LogP contribution is -2.19. The zero-order valence-electron chi connectivity index (χ0n) is 12.3. The quantitative estimate of drug-likeness (QED) is 0.505. The highest BCUT2D eigenvalue weighted by Crippen LogP contribution is 2.14. The topological polar surface area (TPSA) is 29.5 Å². The van der Waals surface area contributed by atoms with Gasteiger partial charge < -0.3 is 9.64 Å². The largest absolute Gasteiger partial charge is 0.492 e. The summed E-state index contributed by atoms with van der Waals surface area (Å²) in [6.45, 7) is 3.69. The number of hydrogen-bond donors (Lipinski definition) is 0. The molecule has 0 radical (unpaired) electrons. The first-order valence-electron chi connectivity index (χ1n) is 7.04. The lowest BCUT2D eigenvalue weighted by atomic mass is 10.0. The summed E-state index contributed by atoms with van der Waals surface area (Å²) in [4.78, 5) is 14.0.